The highest BCUT2D eigenvalue weighted by Crippen LogP contribution is 2.36. The number of carbonyl (C=O) groups is 1. The number of aromatic nitrogens is 3. The lowest BCUT2D eigenvalue weighted by Gasteiger charge is -2.26. The first kappa shape index (κ1) is 21.3. The Morgan fingerprint density at radius 1 is 1.32 bits per heavy atom. The number of benzene rings is 2. The molecule has 1 amide bonds. The van der Waals surface area contributed by atoms with Gasteiger partial charge in [-0.05, 0) is 42.8 Å². The third-order valence-electron chi connectivity index (χ3n) is 4.65. The number of hydrogen-bond donors (Lipinski definition) is 1. The molecular formula is C22H21ClN4O3S. The zero-order valence-electron chi connectivity index (χ0n) is 16.9. The van der Waals surface area contributed by atoms with Gasteiger partial charge in [-0.1, -0.05) is 41.6 Å². The van der Waals surface area contributed by atoms with E-state index in [0.717, 1.165) is 11.3 Å². The second-order valence-electron chi connectivity index (χ2n) is 6.90. The summed E-state index contributed by atoms with van der Waals surface area (Å²) < 4.78 is 13.8. The minimum Gasteiger partial charge on any atom is -0.485 e. The lowest BCUT2D eigenvalue weighted by molar-refractivity contribution is -0.113. The van der Waals surface area contributed by atoms with E-state index in [2.05, 4.69) is 22.1 Å². The molecule has 1 aromatic heterocycles. The number of nitrogens with one attached hydrogen (secondary N) is 1. The van der Waals surface area contributed by atoms with Crippen molar-refractivity contribution < 1.29 is 14.3 Å². The van der Waals surface area contributed by atoms with Crippen LogP contribution in [0.4, 0.5) is 5.69 Å². The molecule has 0 radical (unpaired) electrons. The van der Waals surface area contributed by atoms with Gasteiger partial charge in [-0.15, -0.1) is 16.8 Å². The van der Waals surface area contributed by atoms with Gasteiger partial charge in [-0.3, -0.25) is 9.36 Å². The number of allylic oxidation sites excluding steroid dienone is 1. The van der Waals surface area contributed by atoms with E-state index in [1.807, 2.05) is 41.8 Å². The van der Waals surface area contributed by atoms with Gasteiger partial charge >= 0.3 is 0 Å². The molecule has 2 aromatic carbocycles. The van der Waals surface area contributed by atoms with E-state index in [0.29, 0.717) is 40.7 Å². The highest BCUT2D eigenvalue weighted by atomic mass is 35.5. The SMILES string of the molecule is C=CCn1c(SCC(=O)Nc2ccc(Cl)cc2C)nnc1C1COc2ccccc2O1. The van der Waals surface area contributed by atoms with Gasteiger partial charge in [0.1, 0.15) is 6.61 Å². The van der Waals surface area contributed by atoms with Crippen molar-refractivity contribution in [3.05, 3.63) is 71.5 Å². The topological polar surface area (TPSA) is 78.3 Å². The van der Waals surface area contributed by atoms with Crippen molar-refractivity contribution in [2.24, 2.45) is 0 Å². The lowest BCUT2D eigenvalue weighted by Crippen LogP contribution is -2.25. The smallest absolute Gasteiger partial charge is 0.234 e. The van der Waals surface area contributed by atoms with Crippen LogP contribution >= 0.6 is 23.4 Å². The summed E-state index contributed by atoms with van der Waals surface area (Å²) in [6.45, 7) is 6.53. The first-order valence-electron chi connectivity index (χ1n) is 9.66. The van der Waals surface area contributed by atoms with E-state index in [9.17, 15) is 4.79 Å². The number of thioether (sulfide) groups is 1. The quantitative estimate of drug-likeness (QED) is 0.411. The third kappa shape index (κ3) is 4.86. The molecule has 0 bridgehead atoms. The molecule has 2 heterocycles. The van der Waals surface area contributed by atoms with Crippen LogP contribution in [0.5, 0.6) is 11.5 Å². The molecule has 0 spiro atoms. The van der Waals surface area contributed by atoms with Crippen LogP contribution in [0, 0.1) is 6.92 Å². The van der Waals surface area contributed by atoms with Crippen molar-refractivity contribution in [3.8, 4) is 11.5 Å². The average Bonchev–Trinajstić information content (AvgIpc) is 3.17. The van der Waals surface area contributed by atoms with E-state index in [1.165, 1.54) is 11.8 Å². The van der Waals surface area contributed by atoms with Gasteiger partial charge in [-0.25, -0.2) is 0 Å². The maximum atomic E-state index is 12.5. The molecule has 1 atom stereocenters. The predicted molar refractivity (Wildman–Crippen MR) is 121 cm³/mol. The fourth-order valence-electron chi connectivity index (χ4n) is 3.18. The summed E-state index contributed by atoms with van der Waals surface area (Å²) in [5, 5.41) is 12.7. The number of para-hydroxylation sites is 2. The van der Waals surface area contributed by atoms with Crippen LogP contribution < -0.4 is 14.8 Å². The molecule has 0 saturated carbocycles. The lowest BCUT2D eigenvalue weighted by atomic mass is 10.2. The van der Waals surface area contributed by atoms with Gasteiger partial charge in [0.25, 0.3) is 0 Å². The molecule has 1 unspecified atom stereocenters. The van der Waals surface area contributed by atoms with Crippen molar-refractivity contribution in [2.45, 2.75) is 24.7 Å². The number of carbonyl (C=O) groups excluding carboxylic acids is 1. The van der Waals surface area contributed by atoms with Gasteiger partial charge in [0, 0.05) is 17.3 Å². The van der Waals surface area contributed by atoms with Crippen LogP contribution in [0.25, 0.3) is 0 Å². The number of rotatable bonds is 7. The van der Waals surface area contributed by atoms with Gasteiger partial charge in [0.2, 0.25) is 5.91 Å². The summed E-state index contributed by atoms with van der Waals surface area (Å²) in [4.78, 5) is 12.5. The fourth-order valence-corrected chi connectivity index (χ4v) is 4.16. The average molecular weight is 457 g/mol. The number of ether oxygens (including phenoxy) is 2. The van der Waals surface area contributed by atoms with Gasteiger partial charge in [0.05, 0.1) is 5.75 Å². The van der Waals surface area contributed by atoms with Crippen molar-refractivity contribution in [1.82, 2.24) is 14.8 Å². The third-order valence-corrected chi connectivity index (χ3v) is 5.85. The Balaban J connectivity index is 1.45. The summed E-state index contributed by atoms with van der Waals surface area (Å²) in [5.74, 6) is 2.04. The fraction of sp³-hybridized carbons (Fsp3) is 0.227. The monoisotopic (exact) mass is 456 g/mol. The molecule has 4 rings (SSSR count). The highest BCUT2D eigenvalue weighted by Gasteiger charge is 2.28. The standard InChI is InChI=1S/C22H21ClN4O3S/c1-3-10-27-21(19-12-29-17-6-4-5-7-18(17)30-19)25-26-22(27)31-13-20(28)24-16-9-8-15(23)11-14(16)2/h3-9,11,19H,1,10,12-13H2,2H3,(H,24,28). The summed E-state index contributed by atoms with van der Waals surface area (Å²) >= 11 is 7.28. The first-order valence-corrected chi connectivity index (χ1v) is 11.0. The zero-order valence-corrected chi connectivity index (χ0v) is 18.4. The van der Waals surface area contributed by atoms with Crippen LogP contribution in [-0.4, -0.2) is 33.0 Å². The summed E-state index contributed by atoms with van der Waals surface area (Å²) in [6.07, 6.45) is 1.35. The number of fused-ring (bicyclic) bond motifs is 1. The van der Waals surface area contributed by atoms with E-state index in [-0.39, 0.29) is 11.7 Å². The van der Waals surface area contributed by atoms with Crippen molar-refractivity contribution >= 4 is 35.0 Å². The Labute approximate surface area is 189 Å². The molecule has 1 N–H and O–H groups in total. The molecule has 31 heavy (non-hydrogen) atoms. The Bertz CT molecular complexity index is 1120. The largest absolute Gasteiger partial charge is 0.485 e. The molecule has 0 aliphatic carbocycles. The molecule has 1 aliphatic heterocycles. The molecule has 3 aromatic rings. The van der Waals surface area contributed by atoms with Gasteiger partial charge in [-0.2, -0.15) is 0 Å². The normalized spacial score (nSPS) is 14.8. The highest BCUT2D eigenvalue weighted by molar-refractivity contribution is 7.99. The summed E-state index contributed by atoms with van der Waals surface area (Å²) in [6, 6.07) is 12.8. The maximum absolute atomic E-state index is 12.5. The Morgan fingerprint density at radius 3 is 2.90 bits per heavy atom. The van der Waals surface area contributed by atoms with Crippen LogP contribution in [-0.2, 0) is 11.3 Å². The van der Waals surface area contributed by atoms with Crippen molar-refractivity contribution in [3.63, 3.8) is 0 Å². The second-order valence-corrected chi connectivity index (χ2v) is 8.28. The maximum Gasteiger partial charge on any atom is 0.234 e. The predicted octanol–water partition coefficient (Wildman–Crippen LogP) is 4.67. The number of anilines is 1. The molecule has 0 fully saturated rings. The molecule has 7 nitrogen and oxygen atoms in total. The Kier molecular flexibility index (Phi) is 6.48. The van der Waals surface area contributed by atoms with Crippen LogP contribution in [0.1, 0.15) is 17.5 Å². The molecule has 1 aliphatic rings. The Hall–Kier alpha value is -2.97. The minimum absolute atomic E-state index is 0.142. The minimum atomic E-state index is -0.401. The van der Waals surface area contributed by atoms with Crippen LogP contribution in [0.2, 0.25) is 5.02 Å². The number of nitrogens with zero attached hydrogens (tertiary/aromatic N) is 3. The number of halogens is 1. The van der Waals surface area contributed by atoms with Crippen LogP contribution in [0.15, 0.2) is 60.3 Å². The second kappa shape index (κ2) is 9.45. The van der Waals surface area contributed by atoms with Gasteiger partial charge in [0.15, 0.2) is 28.6 Å². The van der Waals surface area contributed by atoms with Crippen molar-refractivity contribution in [2.75, 3.05) is 17.7 Å². The number of amides is 1. The number of hydrogen-bond acceptors (Lipinski definition) is 6. The van der Waals surface area contributed by atoms with E-state index < -0.39 is 6.10 Å². The van der Waals surface area contributed by atoms with Gasteiger partial charge < -0.3 is 14.8 Å². The van der Waals surface area contributed by atoms with E-state index in [4.69, 9.17) is 21.1 Å². The molecule has 9 heteroatoms. The summed E-state index contributed by atoms with van der Waals surface area (Å²) in [5.41, 5.74) is 1.63. The number of aryl methyl sites for hydroxylation is 1. The van der Waals surface area contributed by atoms with E-state index in [1.54, 1.807) is 18.2 Å². The first-order chi connectivity index (χ1) is 15.0. The van der Waals surface area contributed by atoms with E-state index >= 15 is 0 Å². The summed E-state index contributed by atoms with van der Waals surface area (Å²) in [7, 11) is 0. The van der Waals surface area contributed by atoms with Crippen molar-refractivity contribution in [1.29, 1.82) is 0 Å². The molecule has 0 saturated heterocycles. The van der Waals surface area contributed by atoms with Crippen LogP contribution in [0.3, 0.4) is 0 Å². The molecular weight excluding hydrogens is 436 g/mol. The zero-order chi connectivity index (χ0) is 21.8. The molecule has 160 valence electrons. The Morgan fingerprint density at radius 2 is 2.13 bits per heavy atom.